The van der Waals surface area contributed by atoms with Gasteiger partial charge in [0.2, 0.25) is 5.03 Å². The van der Waals surface area contributed by atoms with E-state index >= 15 is 0 Å². The van der Waals surface area contributed by atoms with E-state index in [1.165, 1.54) is 30.5 Å². The highest BCUT2D eigenvalue weighted by atomic mass is 32.2. The van der Waals surface area contributed by atoms with Gasteiger partial charge < -0.3 is 5.43 Å². The molecule has 0 unspecified atom stereocenters. The van der Waals surface area contributed by atoms with E-state index in [0.29, 0.717) is 5.56 Å². The normalized spacial score (nSPS) is 11.2. The number of pyridine rings is 1. The molecule has 0 aliphatic carbocycles. The van der Waals surface area contributed by atoms with Crippen molar-refractivity contribution in [3.63, 3.8) is 0 Å². The monoisotopic (exact) mass is 296 g/mol. The van der Waals surface area contributed by atoms with Gasteiger partial charge in [0, 0.05) is 6.20 Å². The fourth-order valence-electron chi connectivity index (χ4n) is 1.65. The summed E-state index contributed by atoms with van der Waals surface area (Å²) in [5.41, 5.74) is 3.18. The predicted octanol–water partition coefficient (Wildman–Crippen LogP) is 1.62. The second-order valence-corrected chi connectivity index (χ2v) is 5.66. The maximum atomic E-state index is 13.0. The summed E-state index contributed by atoms with van der Waals surface area (Å²) >= 11 is 0. The van der Waals surface area contributed by atoms with Gasteiger partial charge in [-0.2, -0.15) is 8.42 Å². The van der Waals surface area contributed by atoms with E-state index < -0.39 is 15.8 Å². The molecule has 0 fully saturated rings. The molecule has 0 radical (unpaired) electrons. The number of hydrazine groups is 1. The Kier molecular flexibility index (Phi) is 3.86. The highest BCUT2D eigenvalue weighted by Crippen LogP contribution is 2.23. The molecule has 0 saturated carbocycles. The van der Waals surface area contributed by atoms with E-state index in [2.05, 4.69) is 15.1 Å². The van der Waals surface area contributed by atoms with Gasteiger partial charge in [-0.1, -0.05) is 0 Å². The van der Waals surface area contributed by atoms with Gasteiger partial charge in [-0.05, 0) is 42.8 Å². The Morgan fingerprint density at radius 3 is 2.65 bits per heavy atom. The summed E-state index contributed by atoms with van der Waals surface area (Å²) < 4.78 is 39.9. The maximum absolute atomic E-state index is 13.0. The second-order valence-electron chi connectivity index (χ2n) is 4.07. The number of rotatable bonds is 4. The van der Waals surface area contributed by atoms with Crippen molar-refractivity contribution in [2.24, 2.45) is 5.84 Å². The van der Waals surface area contributed by atoms with Gasteiger partial charge in [0.05, 0.1) is 11.4 Å². The number of halogens is 1. The Morgan fingerprint density at radius 2 is 2.00 bits per heavy atom. The van der Waals surface area contributed by atoms with E-state index in [1.807, 2.05) is 0 Å². The number of hydrogen-bond acceptors (Lipinski definition) is 5. The molecule has 8 heteroatoms. The summed E-state index contributed by atoms with van der Waals surface area (Å²) in [4.78, 5) is 3.80. The lowest BCUT2D eigenvalue weighted by molar-refractivity contribution is 0.597. The number of hydrogen-bond donors (Lipinski definition) is 3. The van der Waals surface area contributed by atoms with E-state index in [0.717, 1.165) is 0 Å². The lowest BCUT2D eigenvalue weighted by Gasteiger charge is -2.12. The molecule has 1 heterocycles. The zero-order valence-electron chi connectivity index (χ0n) is 10.6. The van der Waals surface area contributed by atoms with Gasteiger partial charge in [-0.3, -0.25) is 10.6 Å². The highest BCUT2D eigenvalue weighted by Gasteiger charge is 2.20. The topological polar surface area (TPSA) is 97.1 Å². The van der Waals surface area contributed by atoms with E-state index in [-0.39, 0.29) is 16.4 Å². The van der Waals surface area contributed by atoms with Crippen molar-refractivity contribution in [1.82, 2.24) is 4.98 Å². The number of aromatic nitrogens is 1. The molecule has 0 aliphatic rings. The van der Waals surface area contributed by atoms with Crippen LogP contribution < -0.4 is 16.0 Å². The molecule has 6 nitrogen and oxygen atoms in total. The molecule has 0 amide bonds. The van der Waals surface area contributed by atoms with Crippen molar-refractivity contribution in [3.05, 3.63) is 47.9 Å². The standard InChI is InChI=1S/C12H13FN4O2S/c1-8-7-9(13)4-5-10(8)17-20(18,19)12-11(16-14)3-2-6-15-12/h2-7,16-17H,14H2,1H3. The molecule has 0 spiro atoms. The number of nitrogens with zero attached hydrogens (tertiary/aromatic N) is 1. The number of benzene rings is 1. The maximum Gasteiger partial charge on any atom is 0.281 e. The van der Waals surface area contributed by atoms with Crippen molar-refractivity contribution in [1.29, 1.82) is 0 Å². The first kappa shape index (κ1) is 14.2. The first-order valence-corrected chi connectivity index (χ1v) is 7.13. The molecule has 0 aliphatic heterocycles. The van der Waals surface area contributed by atoms with Crippen LogP contribution in [0.3, 0.4) is 0 Å². The Balaban J connectivity index is 2.41. The zero-order chi connectivity index (χ0) is 14.8. The average Bonchev–Trinajstić information content (AvgIpc) is 2.42. The van der Waals surface area contributed by atoms with Crippen molar-refractivity contribution < 1.29 is 12.8 Å². The summed E-state index contributed by atoms with van der Waals surface area (Å²) in [5, 5.41) is -0.230. The molecule has 1 aromatic heterocycles. The van der Waals surface area contributed by atoms with Crippen LogP contribution in [-0.2, 0) is 10.0 Å². The van der Waals surface area contributed by atoms with Gasteiger partial charge in [0.1, 0.15) is 5.82 Å². The van der Waals surface area contributed by atoms with Crippen LogP contribution in [0.4, 0.5) is 15.8 Å². The molecular weight excluding hydrogens is 283 g/mol. The van der Waals surface area contributed by atoms with Crippen LogP contribution in [0.2, 0.25) is 0 Å². The highest BCUT2D eigenvalue weighted by molar-refractivity contribution is 7.92. The molecule has 20 heavy (non-hydrogen) atoms. The van der Waals surface area contributed by atoms with Gasteiger partial charge >= 0.3 is 0 Å². The molecular formula is C12H13FN4O2S. The van der Waals surface area contributed by atoms with Crippen LogP contribution in [0, 0.1) is 12.7 Å². The molecule has 106 valence electrons. The molecule has 2 rings (SSSR count). The Labute approximate surface area is 115 Å². The first-order valence-electron chi connectivity index (χ1n) is 5.64. The van der Waals surface area contributed by atoms with Crippen LogP contribution in [0.25, 0.3) is 0 Å². The molecule has 0 bridgehead atoms. The summed E-state index contributed by atoms with van der Waals surface area (Å²) in [5.74, 6) is 4.82. The number of aryl methyl sites for hydroxylation is 1. The van der Waals surface area contributed by atoms with Crippen molar-refractivity contribution in [3.8, 4) is 0 Å². The summed E-state index contributed by atoms with van der Waals surface area (Å²) in [6.07, 6.45) is 1.34. The summed E-state index contributed by atoms with van der Waals surface area (Å²) in [7, 11) is -3.92. The molecule has 2 aromatic rings. The number of nitrogens with two attached hydrogens (primary N) is 1. The van der Waals surface area contributed by atoms with Gasteiger partial charge in [-0.25, -0.2) is 9.37 Å². The SMILES string of the molecule is Cc1cc(F)ccc1NS(=O)(=O)c1ncccc1NN. The van der Waals surface area contributed by atoms with Crippen LogP contribution in [0.5, 0.6) is 0 Å². The van der Waals surface area contributed by atoms with Gasteiger partial charge in [0.25, 0.3) is 10.0 Å². The second kappa shape index (κ2) is 5.43. The number of nitrogens with one attached hydrogen (secondary N) is 2. The number of nitrogen functional groups attached to an aromatic ring is 1. The Morgan fingerprint density at radius 1 is 1.25 bits per heavy atom. The summed E-state index contributed by atoms with van der Waals surface area (Å²) in [6.45, 7) is 1.60. The largest absolute Gasteiger partial charge is 0.321 e. The van der Waals surface area contributed by atoms with Crippen molar-refractivity contribution >= 4 is 21.4 Å². The lowest BCUT2D eigenvalue weighted by atomic mass is 10.2. The minimum Gasteiger partial charge on any atom is -0.321 e. The molecule has 1 aromatic carbocycles. The van der Waals surface area contributed by atoms with E-state index in [1.54, 1.807) is 13.0 Å². The lowest BCUT2D eigenvalue weighted by Crippen LogP contribution is -2.19. The van der Waals surface area contributed by atoms with Crippen LogP contribution in [-0.4, -0.2) is 13.4 Å². The van der Waals surface area contributed by atoms with E-state index in [9.17, 15) is 12.8 Å². The van der Waals surface area contributed by atoms with Crippen LogP contribution in [0.1, 0.15) is 5.56 Å². The number of anilines is 2. The third kappa shape index (κ3) is 2.86. The summed E-state index contributed by atoms with van der Waals surface area (Å²) in [6, 6.07) is 6.79. The number of sulfonamides is 1. The van der Waals surface area contributed by atoms with E-state index in [4.69, 9.17) is 5.84 Å². The van der Waals surface area contributed by atoms with Crippen LogP contribution in [0.15, 0.2) is 41.6 Å². The van der Waals surface area contributed by atoms with Gasteiger partial charge in [0.15, 0.2) is 0 Å². The third-order valence-corrected chi connectivity index (χ3v) is 3.94. The smallest absolute Gasteiger partial charge is 0.281 e. The van der Waals surface area contributed by atoms with Crippen LogP contribution >= 0.6 is 0 Å². The van der Waals surface area contributed by atoms with Gasteiger partial charge in [-0.15, -0.1) is 0 Å². The van der Waals surface area contributed by atoms with Crippen molar-refractivity contribution in [2.45, 2.75) is 11.9 Å². The Hall–Kier alpha value is -2.19. The minimum absolute atomic E-state index is 0.166. The zero-order valence-corrected chi connectivity index (χ0v) is 11.4. The Bertz CT molecular complexity index is 734. The predicted molar refractivity (Wildman–Crippen MR) is 74.0 cm³/mol. The molecule has 0 saturated heterocycles. The average molecular weight is 296 g/mol. The minimum atomic E-state index is -3.92. The quantitative estimate of drug-likeness (QED) is 0.588. The third-order valence-electron chi connectivity index (χ3n) is 2.61. The molecule has 4 N–H and O–H groups in total. The fraction of sp³-hybridized carbons (Fsp3) is 0.0833. The molecule has 0 atom stereocenters. The fourth-order valence-corrected chi connectivity index (χ4v) is 2.88. The first-order chi connectivity index (χ1) is 9.44. The van der Waals surface area contributed by atoms with Crippen molar-refractivity contribution in [2.75, 3.05) is 10.1 Å².